The van der Waals surface area contributed by atoms with Gasteiger partial charge >= 0.3 is 0 Å². The monoisotopic (exact) mass is 338 g/mol. The summed E-state index contributed by atoms with van der Waals surface area (Å²) in [5.41, 5.74) is 3.26. The molecule has 0 spiro atoms. The Bertz CT molecular complexity index is 786. The van der Waals surface area contributed by atoms with Crippen LogP contribution in [-0.4, -0.2) is 30.0 Å². The van der Waals surface area contributed by atoms with Gasteiger partial charge in [0, 0.05) is 19.2 Å². The topological polar surface area (TPSA) is 55.6 Å². The van der Waals surface area contributed by atoms with E-state index in [2.05, 4.69) is 23.1 Å². The molecular weight excluding hydrogens is 316 g/mol. The average molecular weight is 338 g/mol. The van der Waals surface area contributed by atoms with E-state index in [1.165, 1.54) is 17.2 Å². The average Bonchev–Trinajstić information content (AvgIpc) is 2.62. The van der Waals surface area contributed by atoms with E-state index in [9.17, 15) is 10.1 Å². The minimum absolute atomic E-state index is 0.133. The van der Waals surface area contributed by atoms with Crippen LogP contribution in [0.3, 0.4) is 0 Å². The molecule has 3 rings (SSSR count). The van der Waals surface area contributed by atoms with E-state index in [0.29, 0.717) is 12.1 Å². The highest BCUT2D eigenvalue weighted by atomic mass is 16.6. The number of likely N-dealkylation sites (N-methyl/N-ethyl adjacent to an activating group) is 1. The molecule has 0 aliphatic carbocycles. The fourth-order valence-electron chi connectivity index (χ4n) is 3.01. The van der Waals surface area contributed by atoms with Gasteiger partial charge in [-0.1, -0.05) is 36.4 Å². The highest BCUT2D eigenvalue weighted by Gasteiger charge is 2.11. The first-order chi connectivity index (χ1) is 12.1. The summed E-state index contributed by atoms with van der Waals surface area (Å²) in [7, 11) is 2.03. The number of ether oxygens (including phenoxy) is 1. The highest BCUT2D eigenvalue weighted by Crippen LogP contribution is 2.26. The Morgan fingerprint density at radius 1 is 1.28 bits per heavy atom. The molecule has 2 aromatic rings. The van der Waals surface area contributed by atoms with E-state index in [0.717, 1.165) is 31.7 Å². The van der Waals surface area contributed by atoms with E-state index in [4.69, 9.17) is 4.74 Å². The normalized spacial score (nSPS) is 13.7. The Balaban J connectivity index is 1.60. The van der Waals surface area contributed by atoms with Crippen molar-refractivity contribution in [2.24, 2.45) is 0 Å². The first-order valence-electron chi connectivity index (χ1n) is 8.46. The molecule has 5 nitrogen and oxygen atoms in total. The second-order valence-electron chi connectivity index (χ2n) is 6.31. The van der Waals surface area contributed by atoms with Gasteiger partial charge in [-0.15, -0.1) is 0 Å². The zero-order chi connectivity index (χ0) is 17.6. The summed E-state index contributed by atoms with van der Waals surface area (Å²) < 4.78 is 5.72. The molecule has 0 aromatic heterocycles. The third-order valence-electron chi connectivity index (χ3n) is 4.28. The molecule has 2 aromatic carbocycles. The van der Waals surface area contributed by atoms with Crippen molar-refractivity contribution < 1.29 is 9.66 Å². The second kappa shape index (κ2) is 7.94. The van der Waals surface area contributed by atoms with E-state index in [1.807, 2.05) is 25.3 Å². The van der Waals surface area contributed by atoms with E-state index in [1.54, 1.807) is 12.1 Å². The number of nitrogens with zero attached hydrogens (tertiary/aromatic N) is 2. The summed E-state index contributed by atoms with van der Waals surface area (Å²) in [5.74, 6) is 1.01. The lowest BCUT2D eigenvalue weighted by atomic mass is 10.0. The minimum Gasteiger partial charge on any atom is -0.493 e. The standard InChI is InChI=1S/C20H22N2O3/c1-21(12-4-7-17-6-2-3-9-19(17)22(23)24)15-16-10-11-18-8-5-13-25-20(18)14-16/h2-4,6-7,9-11,14H,5,8,12-13,15H2,1H3. The zero-order valence-electron chi connectivity index (χ0n) is 14.4. The molecule has 1 aliphatic heterocycles. The molecule has 0 fully saturated rings. The van der Waals surface area contributed by atoms with Crippen LogP contribution in [0, 0.1) is 10.1 Å². The van der Waals surface area contributed by atoms with Crippen LogP contribution in [0.25, 0.3) is 6.08 Å². The predicted octanol–water partition coefficient (Wildman–Crippen LogP) is 4.07. The lowest BCUT2D eigenvalue weighted by Crippen LogP contribution is -2.18. The van der Waals surface area contributed by atoms with Gasteiger partial charge in [-0.2, -0.15) is 0 Å². The Morgan fingerprint density at radius 2 is 2.12 bits per heavy atom. The largest absolute Gasteiger partial charge is 0.493 e. The van der Waals surface area contributed by atoms with Crippen LogP contribution in [-0.2, 0) is 13.0 Å². The van der Waals surface area contributed by atoms with Crippen LogP contribution < -0.4 is 4.74 Å². The van der Waals surface area contributed by atoms with Crippen LogP contribution in [0.2, 0.25) is 0 Å². The maximum atomic E-state index is 11.0. The molecule has 0 radical (unpaired) electrons. The molecule has 25 heavy (non-hydrogen) atoms. The number of hydrogen-bond acceptors (Lipinski definition) is 4. The molecule has 1 aliphatic rings. The van der Waals surface area contributed by atoms with Crippen molar-refractivity contribution in [3.8, 4) is 5.75 Å². The first-order valence-corrected chi connectivity index (χ1v) is 8.46. The quantitative estimate of drug-likeness (QED) is 0.588. The van der Waals surface area contributed by atoms with E-state index < -0.39 is 0 Å². The van der Waals surface area contributed by atoms with Crippen molar-refractivity contribution in [1.29, 1.82) is 0 Å². The molecule has 0 saturated heterocycles. The van der Waals surface area contributed by atoms with E-state index in [-0.39, 0.29) is 10.6 Å². The predicted molar refractivity (Wildman–Crippen MR) is 98.7 cm³/mol. The van der Waals surface area contributed by atoms with Crippen molar-refractivity contribution in [2.75, 3.05) is 20.2 Å². The molecule has 5 heteroatoms. The van der Waals surface area contributed by atoms with Crippen molar-refractivity contribution in [2.45, 2.75) is 19.4 Å². The third-order valence-corrected chi connectivity index (χ3v) is 4.28. The van der Waals surface area contributed by atoms with Gasteiger partial charge in [0.05, 0.1) is 17.1 Å². The molecule has 0 unspecified atom stereocenters. The maximum absolute atomic E-state index is 11.0. The summed E-state index contributed by atoms with van der Waals surface area (Å²) in [6.45, 7) is 2.31. The third kappa shape index (κ3) is 4.45. The Hall–Kier alpha value is -2.66. The number of nitro benzene ring substituents is 1. The van der Waals surface area contributed by atoms with Crippen molar-refractivity contribution in [3.05, 3.63) is 75.3 Å². The van der Waals surface area contributed by atoms with Crippen LogP contribution in [0.4, 0.5) is 5.69 Å². The summed E-state index contributed by atoms with van der Waals surface area (Å²) in [6, 6.07) is 13.2. The summed E-state index contributed by atoms with van der Waals surface area (Å²) in [5, 5.41) is 11.0. The molecule has 0 N–H and O–H groups in total. The first kappa shape index (κ1) is 17.2. The Morgan fingerprint density at radius 3 is 2.96 bits per heavy atom. The maximum Gasteiger partial charge on any atom is 0.276 e. The van der Waals surface area contributed by atoms with Crippen molar-refractivity contribution in [1.82, 2.24) is 4.90 Å². The molecular formula is C20H22N2O3. The lowest BCUT2D eigenvalue weighted by molar-refractivity contribution is -0.385. The van der Waals surface area contributed by atoms with Crippen molar-refractivity contribution >= 4 is 11.8 Å². The van der Waals surface area contributed by atoms with Crippen LogP contribution >= 0.6 is 0 Å². The SMILES string of the molecule is CN(CC=Cc1ccccc1[N+](=O)[O-])Cc1ccc2c(c1)OCCC2. The molecule has 0 amide bonds. The molecule has 1 heterocycles. The van der Waals surface area contributed by atoms with Gasteiger partial charge in [-0.25, -0.2) is 0 Å². The summed E-state index contributed by atoms with van der Waals surface area (Å²) in [6.07, 6.45) is 5.94. The summed E-state index contributed by atoms with van der Waals surface area (Å²) >= 11 is 0. The Labute approximate surface area is 147 Å². The van der Waals surface area contributed by atoms with Gasteiger partial charge in [0.1, 0.15) is 5.75 Å². The fourth-order valence-corrected chi connectivity index (χ4v) is 3.01. The van der Waals surface area contributed by atoms with Crippen LogP contribution in [0.5, 0.6) is 5.75 Å². The van der Waals surface area contributed by atoms with Gasteiger partial charge in [0.15, 0.2) is 0 Å². The number of para-hydroxylation sites is 1. The van der Waals surface area contributed by atoms with Gasteiger partial charge in [0.25, 0.3) is 5.69 Å². The number of hydrogen-bond donors (Lipinski definition) is 0. The minimum atomic E-state index is -0.351. The van der Waals surface area contributed by atoms with Crippen LogP contribution in [0.15, 0.2) is 48.5 Å². The van der Waals surface area contributed by atoms with Gasteiger partial charge in [-0.3, -0.25) is 15.0 Å². The number of nitro groups is 1. The Kier molecular flexibility index (Phi) is 5.46. The van der Waals surface area contributed by atoms with E-state index >= 15 is 0 Å². The number of benzene rings is 2. The fraction of sp³-hybridized carbons (Fsp3) is 0.300. The lowest BCUT2D eigenvalue weighted by Gasteiger charge is -2.20. The molecule has 0 atom stereocenters. The van der Waals surface area contributed by atoms with Crippen LogP contribution in [0.1, 0.15) is 23.1 Å². The molecule has 0 saturated carbocycles. The van der Waals surface area contributed by atoms with Gasteiger partial charge in [0.2, 0.25) is 0 Å². The number of aryl methyl sites for hydroxylation is 1. The van der Waals surface area contributed by atoms with Gasteiger partial charge in [-0.05, 0) is 43.1 Å². The zero-order valence-corrected chi connectivity index (χ0v) is 14.4. The number of fused-ring (bicyclic) bond motifs is 1. The van der Waals surface area contributed by atoms with Crippen molar-refractivity contribution in [3.63, 3.8) is 0 Å². The highest BCUT2D eigenvalue weighted by molar-refractivity contribution is 5.60. The summed E-state index contributed by atoms with van der Waals surface area (Å²) in [4.78, 5) is 12.8. The molecule has 130 valence electrons. The smallest absolute Gasteiger partial charge is 0.276 e. The second-order valence-corrected chi connectivity index (χ2v) is 6.31. The molecule has 0 bridgehead atoms. The van der Waals surface area contributed by atoms with Gasteiger partial charge < -0.3 is 4.74 Å². The number of rotatable bonds is 6.